The molecule has 0 saturated heterocycles. The third-order valence-corrected chi connectivity index (χ3v) is 3.86. The molecular formula is C10H17N3O2S2. The fraction of sp³-hybridized carbons (Fsp3) is 0.700. The highest BCUT2D eigenvalue weighted by molar-refractivity contribution is 7.99. The van der Waals surface area contributed by atoms with E-state index in [0.29, 0.717) is 5.16 Å². The van der Waals surface area contributed by atoms with E-state index in [9.17, 15) is 4.79 Å². The predicted molar refractivity (Wildman–Crippen MR) is 70.7 cm³/mol. The van der Waals surface area contributed by atoms with Gasteiger partial charge in [-0.1, -0.05) is 11.8 Å². The Hall–Kier alpha value is -0.690. The molecule has 0 saturated carbocycles. The maximum Gasteiger partial charge on any atom is 0.313 e. The lowest BCUT2D eigenvalue weighted by molar-refractivity contribution is -0.133. The average Bonchev–Trinajstić information content (AvgIpc) is 2.63. The molecule has 0 aliphatic rings. The van der Waals surface area contributed by atoms with Crippen LogP contribution in [0.1, 0.15) is 18.7 Å². The van der Waals surface area contributed by atoms with E-state index in [-0.39, 0.29) is 5.75 Å². The van der Waals surface area contributed by atoms with Crippen LogP contribution >= 0.6 is 23.5 Å². The molecule has 0 bridgehead atoms. The van der Waals surface area contributed by atoms with Gasteiger partial charge in [0.25, 0.3) is 0 Å². The molecule has 0 aliphatic heterocycles. The normalized spacial score (nSPS) is 10.7. The number of aromatic nitrogens is 3. The molecule has 0 spiro atoms. The average molecular weight is 275 g/mol. The van der Waals surface area contributed by atoms with Crippen LogP contribution in [0.5, 0.6) is 0 Å². The number of carboxylic acids is 1. The standard InChI is InChI=1S/C10H17N3O2S2/c1-8-11-12-10(17-7-9(14)15)13(8)5-3-4-6-16-2/h3-7H2,1-2H3,(H,14,15). The number of unbranched alkanes of at least 4 members (excludes halogenated alkanes) is 1. The largest absolute Gasteiger partial charge is 0.481 e. The van der Waals surface area contributed by atoms with Crippen molar-refractivity contribution in [1.29, 1.82) is 0 Å². The second-order valence-corrected chi connectivity index (χ2v) is 5.49. The molecule has 0 aromatic carbocycles. The first-order chi connectivity index (χ1) is 8.15. The lowest BCUT2D eigenvalue weighted by atomic mass is 10.3. The summed E-state index contributed by atoms with van der Waals surface area (Å²) in [5.74, 6) is 1.20. The molecule has 96 valence electrons. The van der Waals surface area contributed by atoms with Crippen molar-refractivity contribution in [1.82, 2.24) is 14.8 Å². The first kappa shape index (κ1) is 14.4. The zero-order valence-corrected chi connectivity index (χ0v) is 11.7. The van der Waals surface area contributed by atoms with Gasteiger partial charge in [0.15, 0.2) is 5.16 Å². The van der Waals surface area contributed by atoms with Crippen molar-refractivity contribution in [3.8, 4) is 0 Å². The van der Waals surface area contributed by atoms with Gasteiger partial charge in [-0.2, -0.15) is 11.8 Å². The van der Waals surface area contributed by atoms with Crippen LogP contribution in [0.3, 0.4) is 0 Å². The van der Waals surface area contributed by atoms with E-state index >= 15 is 0 Å². The number of carbonyl (C=O) groups is 1. The van der Waals surface area contributed by atoms with Gasteiger partial charge in [-0.15, -0.1) is 10.2 Å². The topological polar surface area (TPSA) is 68.0 Å². The lowest BCUT2D eigenvalue weighted by Crippen LogP contribution is -2.05. The Morgan fingerprint density at radius 1 is 1.41 bits per heavy atom. The van der Waals surface area contributed by atoms with E-state index in [4.69, 9.17) is 5.11 Å². The fourth-order valence-electron chi connectivity index (χ4n) is 1.37. The lowest BCUT2D eigenvalue weighted by Gasteiger charge is -2.06. The molecule has 5 nitrogen and oxygen atoms in total. The molecule has 0 amide bonds. The van der Waals surface area contributed by atoms with Crippen LogP contribution in [-0.2, 0) is 11.3 Å². The summed E-state index contributed by atoms with van der Waals surface area (Å²) in [6.45, 7) is 2.76. The highest BCUT2D eigenvalue weighted by Crippen LogP contribution is 2.17. The van der Waals surface area contributed by atoms with Gasteiger partial charge in [-0.25, -0.2) is 0 Å². The van der Waals surface area contributed by atoms with E-state index in [0.717, 1.165) is 31.0 Å². The summed E-state index contributed by atoms with van der Waals surface area (Å²) < 4.78 is 1.99. The van der Waals surface area contributed by atoms with E-state index in [1.54, 1.807) is 0 Å². The van der Waals surface area contributed by atoms with Crippen LogP contribution in [0.25, 0.3) is 0 Å². The van der Waals surface area contributed by atoms with Gasteiger partial charge in [-0.05, 0) is 31.8 Å². The van der Waals surface area contributed by atoms with Gasteiger partial charge in [0.2, 0.25) is 0 Å². The van der Waals surface area contributed by atoms with Gasteiger partial charge in [0.1, 0.15) is 5.82 Å². The number of nitrogens with zero attached hydrogens (tertiary/aromatic N) is 3. The monoisotopic (exact) mass is 275 g/mol. The minimum absolute atomic E-state index is 0.0307. The summed E-state index contributed by atoms with van der Waals surface area (Å²) >= 11 is 3.06. The maximum absolute atomic E-state index is 10.5. The van der Waals surface area contributed by atoms with Crippen molar-refractivity contribution >= 4 is 29.5 Å². The van der Waals surface area contributed by atoms with Crippen molar-refractivity contribution in [3.63, 3.8) is 0 Å². The molecular weight excluding hydrogens is 258 g/mol. The smallest absolute Gasteiger partial charge is 0.313 e. The highest BCUT2D eigenvalue weighted by Gasteiger charge is 2.10. The summed E-state index contributed by atoms with van der Waals surface area (Å²) in [7, 11) is 0. The Labute approximate surface area is 109 Å². The SMILES string of the molecule is CSCCCCn1c(C)nnc1SCC(=O)O. The van der Waals surface area contributed by atoms with Gasteiger partial charge < -0.3 is 9.67 Å². The molecule has 0 radical (unpaired) electrons. The summed E-state index contributed by atoms with van der Waals surface area (Å²) in [4.78, 5) is 10.5. The number of aryl methyl sites for hydroxylation is 1. The van der Waals surface area contributed by atoms with Crippen LogP contribution in [0.4, 0.5) is 0 Å². The number of carboxylic acid groups (broad SMARTS) is 1. The Morgan fingerprint density at radius 2 is 2.18 bits per heavy atom. The molecule has 0 atom stereocenters. The summed E-state index contributed by atoms with van der Waals surface area (Å²) in [5.41, 5.74) is 0. The number of rotatable bonds is 8. The molecule has 1 aromatic rings. The van der Waals surface area contributed by atoms with Crippen molar-refractivity contribution < 1.29 is 9.90 Å². The molecule has 0 unspecified atom stereocenters. The first-order valence-electron chi connectivity index (χ1n) is 5.38. The van der Waals surface area contributed by atoms with Crippen molar-refractivity contribution in [3.05, 3.63) is 5.82 Å². The Morgan fingerprint density at radius 3 is 2.82 bits per heavy atom. The van der Waals surface area contributed by atoms with E-state index in [1.807, 2.05) is 23.3 Å². The van der Waals surface area contributed by atoms with Crippen LogP contribution in [-0.4, -0.2) is 43.6 Å². The second-order valence-electron chi connectivity index (χ2n) is 3.56. The van der Waals surface area contributed by atoms with Gasteiger partial charge in [0, 0.05) is 6.54 Å². The van der Waals surface area contributed by atoms with E-state index in [2.05, 4.69) is 16.5 Å². The molecule has 1 heterocycles. The van der Waals surface area contributed by atoms with Crippen molar-refractivity contribution in [2.45, 2.75) is 31.5 Å². The Balaban J connectivity index is 2.50. The molecule has 0 aliphatic carbocycles. The van der Waals surface area contributed by atoms with Crippen LogP contribution < -0.4 is 0 Å². The number of thioether (sulfide) groups is 2. The van der Waals surface area contributed by atoms with E-state index < -0.39 is 5.97 Å². The van der Waals surface area contributed by atoms with Gasteiger partial charge in [-0.3, -0.25) is 4.79 Å². The third-order valence-electron chi connectivity index (χ3n) is 2.21. The first-order valence-corrected chi connectivity index (χ1v) is 7.76. The zero-order chi connectivity index (χ0) is 12.7. The predicted octanol–water partition coefficient (Wildman–Crippen LogP) is 1.91. The van der Waals surface area contributed by atoms with Crippen molar-refractivity contribution in [2.75, 3.05) is 17.8 Å². The number of aliphatic carboxylic acids is 1. The van der Waals surface area contributed by atoms with Gasteiger partial charge >= 0.3 is 5.97 Å². The summed E-state index contributed by atoms with van der Waals surface area (Å²) in [6, 6.07) is 0. The summed E-state index contributed by atoms with van der Waals surface area (Å²) in [6.07, 6.45) is 4.32. The van der Waals surface area contributed by atoms with Crippen LogP contribution in [0, 0.1) is 6.92 Å². The molecule has 1 rings (SSSR count). The molecule has 1 aromatic heterocycles. The Kier molecular flexibility index (Phi) is 6.43. The maximum atomic E-state index is 10.5. The van der Waals surface area contributed by atoms with E-state index in [1.165, 1.54) is 11.8 Å². The molecule has 7 heteroatoms. The zero-order valence-electron chi connectivity index (χ0n) is 10.0. The number of hydrogen-bond donors (Lipinski definition) is 1. The molecule has 0 fully saturated rings. The molecule has 17 heavy (non-hydrogen) atoms. The second kappa shape index (κ2) is 7.60. The minimum Gasteiger partial charge on any atom is -0.481 e. The number of hydrogen-bond acceptors (Lipinski definition) is 5. The van der Waals surface area contributed by atoms with Crippen LogP contribution in [0.15, 0.2) is 5.16 Å². The van der Waals surface area contributed by atoms with Crippen molar-refractivity contribution in [2.24, 2.45) is 0 Å². The fourth-order valence-corrected chi connectivity index (χ4v) is 2.59. The summed E-state index contributed by atoms with van der Waals surface area (Å²) in [5, 5.41) is 17.3. The molecule has 1 N–H and O–H groups in total. The van der Waals surface area contributed by atoms with Crippen LogP contribution in [0.2, 0.25) is 0 Å². The quantitative estimate of drug-likeness (QED) is 0.577. The third kappa shape index (κ3) is 4.99. The van der Waals surface area contributed by atoms with Gasteiger partial charge in [0.05, 0.1) is 5.75 Å². The minimum atomic E-state index is -0.829. The Bertz CT molecular complexity index is 368. The highest BCUT2D eigenvalue weighted by atomic mass is 32.2.